The molecule has 0 aliphatic carbocycles. The maximum absolute atomic E-state index is 14.1. The van der Waals surface area contributed by atoms with Gasteiger partial charge in [-0.05, 0) is 176 Å². The number of aliphatic hydroxyl groups excluding tert-OH is 2. The van der Waals surface area contributed by atoms with Crippen molar-refractivity contribution in [3.8, 4) is 45.3 Å². The van der Waals surface area contributed by atoms with Crippen molar-refractivity contribution >= 4 is 66.0 Å². The van der Waals surface area contributed by atoms with Crippen molar-refractivity contribution in [3.63, 3.8) is 0 Å². The molecule has 3 heterocycles. The highest BCUT2D eigenvalue weighted by molar-refractivity contribution is 7.22. The number of benzene rings is 8. The number of ketones is 2. The Hall–Kier alpha value is -7.75. The number of hydrogen-bond donors (Lipinski definition) is 2. The number of carbonyl (C=O) groups is 2. The Morgan fingerprint density at radius 3 is 1.38 bits per heavy atom. The van der Waals surface area contributed by atoms with E-state index >= 15 is 0 Å². The number of likely N-dealkylation sites (tertiary alicyclic amines) is 1. The summed E-state index contributed by atoms with van der Waals surface area (Å²) in [7, 11) is 0. The molecule has 2 N–H and O–H groups in total. The number of fused-ring (bicyclic) bond motifs is 2. The molecule has 0 bridgehead atoms. The van der Waals surface area contributed by atoms with Gasteiger partial charge >= 0.3 is 0 Å². The van der Waals surface area contributed by atoms with Crippen LogP contribution in [0.1, 0.15) is 83.1 Å². The van der Waals surface area contributed by atoms with Crippen LogP contribution in [-0.2, 0) is 13.2 Å². The van der Waals surface area contributed by atoms with Crippen molar-refractivity contribution in [2.45, 2.75) is 72.4 Å². The second-order valence-corrected chi connectivity index (χ2v) is 23.8. The molecule has 1 aliphatic rings. The largest absolute Gasteiger partial charge is 0.494 e. The van der Waals surface area contributed by atoms with Crippen LogP contribution in [0.4, 0.5) is 8.78 Å². The van der Waals surface area contributed by atoms with Crippen LogP contribution in [0.15, 0.2) is 170 Å². The molecular formula is C71H66ClF2NO8S2. The first-order valence-electron chi connectivity index (χ1n) is 28.4. The van der Waals surface area contributed by atoms with Crippen molar-refractivity contribution in [3.05, 3.63) is 236 Å². The lowest BCUT2D eigenvalue weighted by Gasteiger charge is -2.35. The van der Waals surface area contributed by atoms with Crippen molar-refractivity contribution in [2.24, 2.45) is 0 Å². The van der Waals surface area contributed by atoms with Crippen LogP contribution in [0, 0.1) is 39.3 Å². The summed E-state index contributed by atoms with van der Waals surface area (Å²) < 4.78 is 54.1. The van der Waals surface area contributed by atoms with Crippen LogP contribution in [0.3, 0.4) is 0 Å². The monoisotopic (exact) mass is 1200 g/mol. The summed E-state index contributed by atoms with van der Waals surface area (Å²) in [6.07, 6.45) is 1.59. The Labute approximate surface area is 507 Å². The van der Waals surface area contributed by atoms with Gasteiger partial charge in [0.05, 0.1) is 28.6 Å². The van der Waals surface area contributed by atoms with Gasteiger partial charge in [0.15, 0.2) is 0 Å². The number of nitrogens with zero attached hydrogens (tertiary/aromatic N) is 1. The quantitative estimate of drug-likeness (QED) is 0.0367. The van der Waals surface area contributed by atoms with Gasteiger partial charge in [-0.1, -0.05) is 84.9 Å². The number of halogens is 3. The predicted octanol–water partition coefficient (Wildman–Crippen LogP) is 16.5. The lowest BCUT2D eigenvalue weighted by atomic mass is 9.94. The molecule has 1 saturated heterocycles. The minimum absolute atomic E-state index is 0.120. The van der Waals surface area contributed by atoms with E-state index in [1.165, 1.54) is 46.9 Å². The van der Waals surface area contributed by atoms with E-state index in [2.05, 4.69) is 4.90 Å². The number of hydrogen-bond acceptors (Lipinski definition) is 11. The summed E-state index contributed by atoms with van der Waals surface area (Å²) in [6.45, 7) is 11.2. The SMILES string of the molecule is Cc1cc(F)cc(C)c1C(=O)c1sc2cc(OCc3ccccc3)ccc2c1-c1ccc(OCCCCC(O)CCl)cc1.Cc1cc(F)cc(C)c1C(=O)c1sc2cc(OCc3ccccc3)ccc2c1-c1ccc(OCCN2CC(O)C2)cc1. The number of alkyl halides is 1. The smallest absolute Gasteiger partial charge is 0.204 e. The standard InChI is InChI=1S/C36H34ClFO4S.C35H32FNO4S/c1-23-18-27(38)19-24(2)33(23)35(40)36-34(26-11-13-29(14-12-26)41-17-7-6-10-28(39)21-37)31-16-15-30(20-32(31)43-36)42-22-25-8-4-3-5-9-25;1-22-16-26(36)17-23(2)32(22)34(39)35-33(25-8-10-28(11-9-25)40-15-14-37-19-27(38)20-37)30-13-12-29(18-31(30)42-35)41-21-24-6-4-3-5-7-24/h3-5,8-9,11-16,18-20,28,39H,6-7,10,17,21-22H2,1-2H3;3-13,16-18,27,38H,14-15,19-21H2,1-2H3. The Morgan fingerprint density at radius 1 is 0.553 bits per heavy atom. The number of aryl methyl sites for hydroxylation is 4. The maximum atomic E-state index is 14.1. The molecule has 2 aromatic heterocycles. The maximum Gasteiger partial charge on any atom is 0.204 e. The number of ether oxygens (including phenoxy) is 4. The molecule has 1 unspecified atom stereocenters. The first kappa shape index (κ1) is 60.4. The molecule has 10 aromatic rings. The average molecular weight is 1200 g/mol. The van der Waals surface area contributed by atoms with Crippen molar-refractivity contribution in [1.29, 1.82) is 0 Å². The average Bonchev–Trinajstić information content (AvgIpc) is 1.95. The van der Waals surface area contributed by atoms with Crippen LogP contribution in [-0.4, -0.2) is 77.6 Å². The van der Waals surface area contributed by atoms with E-state index in [4.69, 9.17) is 30.5 Å². The highest BCUT2D eigenvalue weighted by atomic mass is 35.5. The van der Waals surface area contributed by atoms with Gasteiger partial charge in [-0.2, -0.15) is 0 Å². The Balaban J connectivity index is 0.000000189. The Morgan fingerprint density at radius 2 is 0.965 bits per heavy atom. The van der Waals surface area contributed by atoms with Gasteiger partial charge in [-0.25, -0.2) is 8.78 Å². The molecule has 85 heavy (non-hydrogen) atoms. The van der Waals surface area contributed by atoms with E-state index in [0.717, 1.165) is 95.9 Å². The van der Waals surface area contributed by atoms with E-state index < -0.39 is 6.10 Å². The fourth-order valence-corrected chi connectivity index (χ4v) is 13.2. The minimum atomic E-state index is -0.479. The summed E-state index contributed by atoms with van der Waals surface area (Å²) in [5.74, 6) is 2.22. The summed E-state index contributed by atoms with van der Waals surface area (Å²) in [4.78, 5) is 31.5. The molecule has 1 aliphatic heterocycles. The third-order valence-corrected chi connectivity index (χ3v) is 17.6. The topological polar surface area (TPSA) is 115 Å². The molecular weight excluding hydrogens is 1130 g/mol. The van der Waals surface area contributed by atoms with Gasteiger partial charge < -0.3 is 29.2 Å². The Bertz CT molecular complexity index is 3890. The minimum Gasteiger partial charge on any atom is -0.494 e. The number of unbranched alkanes of at least 4 members (excludes halogenated alkanes) is 1. The zero-order chi connectivity index (χ0) is 59.6. The van der Waals surface area contributed by atoms with Crippen LogP contribution >= 0.6 is 34.3 Å². The van der Waals surface area contributed by atoms with E-state index in [9.17, 15) is 28.6 Å². The van der Waals surface area contributed by atoms with Gasteiger partial charge in [-0.15, -0.1) is 34.3 Å². The van der Waals surface area contributed by atoms with E-state index in [-0.39, 0.29) is 35.2 Å². The van der Waals surface area contributed by atoms with E-state index in [1.807, 2.05) is 146 Å². The molecule has 8 aromatic carbocycles. The van der Waals surface area contributed by atoms with Gasteiger partial charge in [0.25, 0.3) is 0 Å². The molecule has 11 rings (SSSR count). The molecule has 436 valence electrons. The molecule has 0 spiro atoms. The fraction of sp³-hybridized carbons (Fsp3) is 0.239. The molecule has 14 heteroatoms. The van der Waals surface area contributed by atoms with Crippen LogP contribution < -0.4 is 18.9 Å². The zero-order valence-corrected chi connectivity index (χ0v) is 50.2. The molecule has 0 saturated carbocycles. The van der Waals surface area contributed by atoms with Crippen LogP contribution in [0.5, 0.6) is 23.0 Å². The Kier molecular flexibility index (Phi) is 19.9. The fourth-order valence-electron chi connectivity index (χ4n) is 10.7. The summed E-state index contributed by atoms with van der Waals surface area (Å²) in [5.41, 5.74) is 9.13. The second-order valence-electron chi connectivity index (χ2n) is 21.4. The van der Waals surface area contributed by atoms with Gasteiger partial charge in [0.2, 0.25) is 11.6 Å². The third-order valence-electron chi connectivity index (χ3n) is 15.0. The molecule has 1 fully saturated rings. The van der Waals surface area contributed by atoms with Crippen LogP contribution in [0.2, 0.25) is 0 Å². The van der Waals surface area contributed by atoms with Crippen molar-refractivity contribution in [2.75, 3.05) is 38.7 Å². The lowest BCUT2D eigenvalue weighted by molar-refractivity contribution is -0.00387. The molecule has 1 atom stereocenters. The van der Waals surface area contributed by atoms with Crippen LogP contribution in [0.25, 0.3) is 42.4 Å². The van der Waals surface area contributed by atoms with Gasteiger partial charge in [0.1, 0.15) is 54.5 Å². The van der Waals surface area contributed by atoms with Gasteiger partial charge in [-0.3, -0.25) is 14.5 Å². The predicted molar refractivity (Wildman–Crippen MR) is 339 cm³/mol. The van der Waals surface area contributed by atoms with Crippen molar-refractivity contribution in [1.82, 2.24) is 4.90 Å². The lowest BCUT2D eigenvalue weighted by Crippen LogP contribution is -2.51. The summed E-state index contributed by atoms with van der Waals surface area (Å²) in [5, 5.41) is 21.0. The summed E-state index contributed by atoms with van der Waals surface area (Å²) >= 11 is 8.51. The number of β-amino-alcohol motifs (C(OH)–C–C–N with tert-alkyl or cyclic N) is 1. The first-order valence-corrected chi connectivity index (χ1v) is 30.6. The third kappa shape index (κ3) is 14.8. The highest BCUT2D eigenvalue weighted by Gasteiger charge is 2.27. The highest BCUT2D eigenvalue weighted by Crippen LogP contribution is 2.44. The number of carbonyl (C=O) groups excluding carboxylic acids is 2. The molecule has 0 amide bonds. The molecule has 9 nitrogen and oxygen atoms in total. The van der Waals surface area contributed by atoms with E-state index in [0.29, 0.717) is 89.1 Å². The second kappa shape index (κ2) is 28.0. The first-order chi connectivity index (χ1) is 41.2. The normalized spacial score (nSPS) is 12.8. The number of aliphatic hydroxyl groups is 2. The zero-order valence-electron chi connectivity index (χ0n) is 47.8. The number of thiophene rings is 2. The van der Waals surface area contributed by atoms with E-state index in [1.54, 1.807) is 27.7 Å². The summed E-state index contributed by atoms with van der Waals surface area (Å²) in [6, 6.07) is 53.0. The molecule has 0 radical (unpaired) electrons. The van der Waals surface area contributed by atoms with Gasteiger partial charge in [0, 0.05) is 67.9 Å². The number of rotatable bonds is 23. The van der Waals surface area contributed by atoms with Crippen molar-refractivity contribution < 1.29 is 47.5 Å².